The Hall–Kier alpha value is -3.79. The minimum Gasteiger partial charge on any atom is -0.455 e. The molecule has 41 heavy (non-hydrogen) atoms. The highest BCUT2D eigenvalue weighted by Crippen LogP contribution is 2.27. The lowest BCUT2D eigenvalue weighted by Gasteiger charge is -2.41. The maximum Gasteiger partial charge on any atom is 0.328 e. The first kappa shape index (κ1) is 30.2. The van der Waals surface area contributed by atoms with E-state index < -0.39 is 41.0 Å². The van der Waals surface area contributed by atoms with Crippen LogP contribution in [0.3, 0.4) is 0 Å². The fourth-order valence-corrected chi connectivity index (χ4v) is 4.99. The number of pyridine rings is 1. The number of amides is 3. The van der Waals surface area contributed by atoms with Gasteiger partial charge in [0.15, 0.2) is 0 Å². The van der Waals surface area contributed by atoms with E-state index in [1.807, 2.05) is 50.3 Å². The van der Waals surface area contributed by atoms with Gasteiger partial charge in [0.25, 0.3) is 5.91 Å². The minimum absolute atomic E-state index is 0.225. The Morgan fingerprint density at radius 2 is 1.73 bits per heavy atom. The highest BCUT2D eigenvalue weighted by atomic mass is 16.5. The van der Waals surface area contributed by atoms with Crippen molar-refractivity contribution < 1.29 is 23.9 Å². The van der Waals surface area contributed by atoms with Crippen LogP contribution < -0.4 is 16.1 Å². The third-order valence-electron chi connectivity index (χ3n) is 7.84. The van der Waals surface area contributed by atoms with Gasteiger partial charge in [-0.05, 0) is 71.1 Å². The summed E-state index contributed by atoms with van der Waals surface area (Å²) in [5.74, 6) is -1.88. The molecule has 0 radical (unpaired) electrons. The fraction of sp³-hybridized carbons (Fsp3) is 0.516. The first-order valence-electron chi connectivity index (χ1n) is 14.2. The number of ether oxygens (including phenoxy) is 1. The predicted octanol–water partition coefficient (Wildman–Crippen LogP) is 3.42. The summed E-state index contributed by atoms with van der Waals surface area (Å²) in [6.45, 7) is 12.7. The first-order chi connectivity index (χ1) is 19.2. The molecule has 0 spiro atoms. The number of nitrogens with one attached hydrogen (secondary N) is 3. The molecule has 3 amide bonds. The third kappa shape index (κ3) is 6.59. The summed E-state index contributed by atoms with van der Waals surface area (Å²) in [5, 5.41) is 7.93. The van der Waals surface area contributed by atoms with Crippen molar-refractivity contribution >= 4 is 40.7 Å². The zero-order chi connectivity index (χ0) is 30.1. The number of hydrogen-bond donors (Lipinski definition) is 3. The van der Waals surface area contributed by atoms with Gasteiger partial charge in [-0.2, -0.15) is 0 Å². The zero-order valence-corrected chi connectivity index (χ0v) is 24.9. The van der Waals surface area contributed by atoms with Crippen LogP contribution in [0.15, 0.2) is 36.4 Å². The molecule has 3 heterocycles. The van der Waals surface area contributed by atoms with Crippen molar-refractivity contribution in [1.29, 1.82) is 0 Å². The van der Waals surface area contributed by atoms with Crippen LogP contribution in [-0.2, 0) is 23.9 Å². The monoisotopic (exact) mass is 563 g/mol. The van der Waals surface area contributed by atoms with Gasteiger partial charge in [0.05, 0.1) is 16.6 Å². The molecular formula is C31H41N5O5. The summed E-state index contributed by atoms with van der Waals surface area (Å²) in [4.78, 5) is 58.0. The molecule has 4 rings (SSSR count). The lowest BCUT2D eigenvalue weighted by Crippen LogP contribution is -2.65. The molecule has 1 fully saturated rings. The molecule has 4 atom stereocenters. The second-order valence-corrected chi connectivity index (χ2v) is 12.3. The smallest absolute Gasteiger partial charge is 0.328 e. The Kier molecular flexibility index (Phi) is 8.54. The second-order valence-electron chi connectivity index (χ2n) is 12.3. The minimum atomic E-state index is -1.14. The topological polar surface area (TPSA) is 130 Å². The summed E-state index contributed by atoms with van der Waals surface area (Å²) in [6, 6.07) is 7.83. The molecule has 0 aliphatic carbocycles. The Morgan fingerprint density at radius 1 is 1.02 bits per heavy atom. The number of carbonyl (C=O) groups excluding carboxylic acids is 4. The molecule has 5 bridgehead atoms. The number of aromatic nitrogens is 1. The SMILES string of the molecule is CC1NC(=O)C(C(C)C)NC(=O)C(C)(C)/C=C/c2ccc3ccc(nc3c2)[C@@H](C)OC(=O)[C@]2(C)CCCN(N2)C1=O. The van der Waals surface area contributed by atoms with E-state index in [1.165, 1.54) is 5.01 Å². The number of hydrogen-bond acceptors (Lipinski definition) is 7. The number of cyclic esters (lactones) is 1. The number of nitrogens with zero attached hydrogens (tertiary/aromatic N) is 2. The van der Waals surface area contributed by atoms with Gasteiger partial charge in [-0.3, -0.25) is 19.4 Å². The van der Waals surface area contributed by atoms with Gasteiger partial charge in [0.2, 0.25) is 11.8 Å². The maximum atomic E-state index is 13.4. The van der Waals surface area contributed by atoms with Gasteiger partial charge >= 0.3 is 5.97 Å². The lowest BCUT2D eigenvalue weighted by molar-refractivity contribution is -0.164. The molecule has 2 unspecified atom stereocenters. The Labute approximate surface area is 241 Å². The number of rotatable bonds is 1. The van der Waals surface area contributed by atoms with Gasteiger partial charge in [0.1, 0.15) is 23.7 Å². The van der Waals surface area contributed by atoms with Crippen LogP contribution in [0.1, 0.15) is 78.7 Å². The van der Waals surface area contributed by atoms with E-state index in [-0.39, 0.29) is 17.7 Å². The molecule has 0 saturated carbocycles. The van der Waals surface area contributed by atoms with Crippen LogP contribution in [0, 0.1) is 11.3 Å². The molecule has 2 aliphatic rings. The van der Waals surface area contributed by atoms with Crippen LogP contribution >= 0.6 is 0 Å². The third-order valence-corrected chi connectivity index (χ3v) is 7.84. The van der Waals surface area contributed by atoms with Crippen molar-refractivity contribution in [3.63, 3.8) is 0 Å². The molecule has 10 nitrogen and oxygen atoms in total. The van der Waals surface area contributed by atoms with Crippen LogP contribution in [-0.4, -0.2) is 57.9 Å². The van der Waals surface area contributed by atoms with Gasteiger partial charge in [-0.1, -0.05) is 44.2 Å². The molecule has 1 saturated heterocycles. The van der Waals surface area contributed by atoms with E-state index in [0.29, 0.717) is 25.1 Å². The van der Waals surface area contributed by atoms with Crippen molar-refractivity contribution in [2.75, 3.05) is 6.54 Å². The van der Waals surface area contributed by atoms with Gasteiger partial charge in [-0.25, -0.2) is 15.2 Å². The van der Waals surface area contributed by atoms with Crippen molar-refractivity contribution in [2.45, 2.75) is 85.0 Å². The van der Waals surface area contributed by atoms with Crippen molar-refractivity contribution in [3.8, 4) is 0 Å². The summed E-state index contributed by atoms with van der Waals surface area (Å²) in [6.07, 6.45) is 4.07. The number of esters is 1. The average Bonchev–Trinajstić information content (AvgIpc) is 2.92. The zero-order valence-electron chi connectivity index (χ0n) is 24.9. The van der Waals surface area contributed by atoms with E-state index in [1.54, 1.807) is 40.7 Å². The number of carbonyl (C=O) groups is 4. The van der Waals surface area contributed by atoms with Gasteiger partial charge in [0, 0.05) is 11.9 Å². The summed E-state index contributed by atoms with van der Waals surface area (Å²) >= 11 is 0. The van der Waals surface area contributed by atoms with E-state index in [4.69, 9.17) is 9.72 Å². The Balaban J connectivity index is 1.73. The molecule has 1 aromatic carbocycles. The van der Waals surface area contributed by atoms with E-state index >= 15 is 0 Å². The van der Waals surface area contributed by atoms with E-state index in [2.05, 4.69) is 16.1 Å². The summed E-state index contributed by atoms with van der Waals surface area (Å²) in [5.41, 5.74) is 3.16. The number of fused-ring (bicyclic) bond motifs is 4. The predicted molar refractivity (Wildman–Crippen MR) is 156 cm³/mol. The van der Waals surface area contributed by atoms with Crippen molar-refractivity contribution in [2.24, 2.45) is 11.3 Å². The molecule has 2 aromatic rings. The molecule has 2 aliphatic heterocycles. The molecular weight excluding hydrogens is 522 g/mol. The Morgan fingerprint density at radius 3 is 2.44 bits per heavy atom. The average molecular weight is 564 g/mol. The maximum absolute atomic E-state index is 13.4. The van der Waals surface area contributed by atoms with Crippen LogP contribution in [0.4, 0.5) is 0 Å². The standard InChI is InChI=1S/C31H41N5O5/c1-18(2)25-26(37)32-19(3)27(38)36-16-8-14-31(7,35-36)29(40)41-20(4)23-12-11-22-10-9-21(17-24(22)33-23)13-15-30(5,6)28(39)34-25/h9-13,15,17-20,25,35H,8,14,16H2,1-7H3,(H,32,37)(H,34,39)/b15-13+/t19?,20-,25?,31+/m1/s1. The first-order valence-corrected chi connectivity index (χ1v) is 14.2. The van der Waals surface area contributed by atoms with Crippen molar-refractivity contribution in [3.05, 3.63) is 47.7 Å². The van der Waals surface area contributed by atoms with Gasteiger partial charge < -0.3 is 15.4 Å². The summed E-state index contributed by atoms with van der Waals surface area (Å²) < 4.78 is 5.85. The fourth-order valence-electron chi connectivity index (χ4n) is 4.99. The van der Waals surface area contributed by atoms with Crippen LogP contribution in [0.2, 0.25) is 0 Å². The highest BCUT2D eigenvalue weighted by Gasteiger charge is 2.42. The molecule has 10 heteroatoms. The highest BCUT2D eigenvalue weighted by molar-refractivity contribution is 5.94. The molecule has 220 valence electrons. The van der Waals surface area contributed by atoms with E-state index in [0.717, 1.165) is 16.5 Å². The van der Waals surface area contributed by atoms with E-state index in [9.17, 15) is 19.2 Å². The van der Waals surface area contributed by atoms with Gasteiger partial charge in [-0.15, -0.1) is 0 Å². The number of benzene rings is 1. The Bertz CT molecular complexity index is 1390. The normalized spacial score (nSPS) is 28.7. The largest absolute Gasteiger partial charge is 0.455 e. The molecule has 3 N–H and O–H groups in total. The summed E-state index contributed by atoms with van der Waals surface area (Å²) in [7, 11) is 0. The molecule has 1 aromatic heterocycles. The van der Waals surface area contributed by atoms with Crippen LogP contribution in [0.5, 0.6) is 0 Å². The second kappa shape index (κ2) is 11.6. The van der Waals surface area contributed by atoms with Crippen LogP contribution in [0.25, 0.3) is 17.0 Å². The quantitative estimate of drug-likeness (QED) is 0.454. The lowest BCUT2D eigenvalue weighted by atomic mass is 9.89. The van der Waals surface area contributed by atoms with Crippen molar-refractivity contribution in [1.82, 2.24) is 26.1 Å². The number of hydrazine groups is 1.